The van der Waals surface area contributed by atoms with Crippen molar-refractivity contribution in [3.8, 4) is 0 Å². The second-order valence-electron chi connectivity index (χ2n) is 5.74. The molecule has 0 spiro atoms. The Hall–Kier alpha value is -1.13. The van der Waals surface area contributed by atoms with E-state index in [2.05, 4.69) is 39.4 Å². The number of nitrogens with zero attached hydrogens (tertiary/aromatic N) is 2. The Morgan fingerprint density at radius 2 is 1.65 bits per heavy atom. The molecule has 0 aromatic heterocycles. The Morgan fingerprint density at radius 3 is 2.25 bits per heavy atom. The third-order valence-electron chi connectivity index (χ3n) is 4.49. The summed E-state index contributed by atoms with van der Waals surface area (Å²) in [4.78, 5) is 4.67. The van der Waals surface area contributed by atoms with Gasteiger partial charge in [0.15, 0.2) is 0 Å². The number of alkyl halides is 1. The molecular formula is C16H24FN3. The van der Waals surface area contributed by atoms with Gasteiger partial charge in [-0.2, -0.15) is 0 Å². The predicted molar refractivity (Wildman–Crippen MR) is 81.0 cm³/mol. The van der Waals surface area contributed by atoms with Gasteiger partial charge in [-0.05, 0) is 30.5 Å². The van der Waals surface area contributed by atoms with Crippen LogP contribution in [0.25, 0.3) is 0 Å². The number of piperazine rings is 1. The summed E-state index contributed by atoms with van der Waals surface area (Å²) in [5.41, 5.74) is 2.39. The Balaban J connectivity index is 1.71. The number of hydrogen-bond acceptors (Lipinski definition) is 3. The monoisotopic (exact) mass is 277 g/mol. The average Bonchev–Trinajstić information content (AvgIpc) is 3.04. The molecule has 2 heterocycles. The molecule has 2 saturated heterocycles. The molecule has 0 unspecified atom stereocenters. The molecule has 3 nitrogen and oxygen atoms in total. The molecule has 1 aromatic carbocycles. The molecule has 2 fully saturated rings. The minimum Gasteiger partial charge on any atom is -0.372 e. The van der Waals surface area contributed by atoms with Crippen LogP contribution in [0.4, 0.5) is 10.1 Å². The van der Waals surface area contributed by atoms with E-state index < -0.39 is 0 Å². The van der Waals surface area contributed by atoms with Crippen LogP contribution in [-0.2, 0) is 0 Å². The van der Waals surface area contributed by atoms with Crippen LogP contribution in [0, 0.1) is 0 Å². The Labute approximate surface area is 120 Å². The quantitative estimate of drug-likeness (QED) is 0.910. The Kier molecular flexibility index (Phi) is 4.53. The molecule has 20 heavy (non-hydrogen) atoms. The first kappa shape index (κ1) is 13.8. The molecule has 2 aliphatic rings. The fourth-order valence-electron chi connectivity index (χ4n) is 3.27. The summed E-state index contributed by atoms with van der Waals surface area (Å²) in [6.07, 6.45) is 2.57. The highest BCUT2D eigenvalue weighted by atomic mass is 19.1. The fourth-order valence-corrected chi connectivity index (χ4v) is 3.27. The molecule has 1 aromatic rings. The third-order valence-corrected chi connectivity index (χ3v) is 4.49. The largest absolute Gasteiger partial charge is 0.372 e. The van der Waals surface area contributed by atoms with Gasteiger partial charge in [0.25, 0.3) is 0 Å². The number of nitrogens with one attached hydrogen (secondary N) is 1. The van der Waals surface area contributed by atoms with Gasteiger partial charge in [0.05, 0.1) is 6.04 Å². The van der Waals surface area contributed by atoms with E-state index in [9.17, 15) is 4.39 Å². The van der Waals surface area contributed by atoms with Gasteiger partial charge in [0.2, 0.25) is 0 Å². The maximum atomic E-state index is 13.5. The summed E-state index contributed by atoms with van der Waals surface area (Å²) in [6, 6.07) is 8.46. The Bertz CT molecular complexity index is 408. The van der Waals surface area contributed by atoms with Crippen molar-refractivity contribution < 1.29 is 4.39 Å². The van der Waals surface area contributed by atoms with Crippen molar-refractivity contribution in [3.63, 3.8) is 0 Å². The van der Waals surface area contributed by atoms with E-state index in [1.165, 1.54) is 18.5 Å². The maximum absolute atomic E-state index is 13.5. The molecule has 0 bridgehead atoms. The van der Waals surface area contributed by atoms with Crippen LogP contribution < -0.4 is 10.2 Å². The summed E-state index contributed by atoms with van der Waals surface area (Å²) in [6.45, 7) is 5.80. The van der Waals surface area contributed by atoms with Crippen LogP contribution in [0.1, 0.15) is 24.4 Å². The lowest BCUT2D eigenvalue weighted by Crippen LogP contribution is -2.45. The van der Waals surface area contributed by atoms with Crippen LogP contribution in [0.2, 0.25) is 0 Å². The molecule has 1 N–H and O–H groups in total. The van der Waals surface area contributed by atoms with Crippen LogP contribution >= 0.6 is 0 Å². The van der Waals surface area contributed by atoms with Gasteiger partial charge in [-0.15, -0.1) is 0 Å². The molecule has 0 amide bonds. The zero-order valence-electron chi connectivity index (χ0n) is 12.0. The van der Waals surface area contributed by atoms with Crippen LogP contribution in [-0.4, -0.2) is 50.8 Å². The van der Waals surface area contributed by atoms with E-state index >= 15 is 0 Å². The van der Waals surface area contributed by atoms with Gasteiger partial charge >= 0.3 is 0 Å². The molecule has 4 heteroatoms. The van der Waals surface area contributed by atoms with Gasteiger partial charge in [0, 0.05) is 45.0 Å². The van der Waals surface area contributed by atoms with Crippen molar-refractivity contribution in [1.82, 2.24) is 10.2 Å². The van der Waals surface area contributed by atoms with E-state index in [1.54, 1.807) is 0 Å². The van der Waals surface area contributed by atoms with Crippen molar-refractivity contribution in [2.45, 2.75) is 18.9 Å². The van der Waals surface area contributed by atoms with E-state index in [4.69, 9.17) is 0 Å². The molecule has 0 aliphatic carbocycles. The van der Waals surface area contributed by atoms with Gasteiger partial charge in [0.1, 0.15) is 6.67 Å². The SMILES string of the molecule is FC[C@H](c1ccc(N2CCCC2)cc1)N1CCNCC1. The summed E-state index contributed by atoms with van der Waals surface area (Å²) in [5.74, 6) is 0. The third kappa shape index (κ3) is 2.96. The van der Waals surface area contributed by atoms with E-state index in [-0.39, 0.29) is 12.7 Å². The van der Waals surface area contributed by atoms with Crippen molar-refractivity contribution in [1.29, 1.82) is 0 Å². The van der Waals surface area contributed by atoms with Crippen LogP contribution in [0.15, 0.2) is 24.3 Å². The van der Waals surface area contributed by atoms with Gasteiger partial charge in [-0.1, -0.05) is 12.1 Å². The smallest absolute Gasteiger partial charge is 0.109 e. The summed E-state index contributed by atoms with van der Waals surface area (Å²) < 4.78 is 13.5. The predicted octanol–water partition coefficient (Wildman–Crippen LogP) is 2.20. The summed E-state index contributed by atoms with van der Waals surface area (Å²) in [5, 5.41) is 3.32. The van der Waals surface area contributed by atoms with E-state index in [0.717, 1.165) is 44.8 Å². The number of hydrogen-bond donors (Lipinski definition) is 1. The highest BCUT2D eigenvalue weighted by Gasteiger charge is 2.22. The van der Waals surface area contributed by atoms with E-state index in [0.29, 0.717) is 0 Å². The van der Waals surface area contributed by atoms with Crippen LogP contribution in [0.3, 0.4) is 0 Å². The van der Waals surface area contributed by atoms with E-state index in [1.807, 2.05) is 0 Å². The van der Waals surface area contributed by atoms with Crippen LogP contribution in [0.5, 0.6) is 0 Å². The number of rotatable bonds is 4. The maximum Gasteiger partial charge on any atom is 0.109 e. The number of benzene rings is 1. The second-order valence-corrected chi connectivity index (χ2v) is 5.74. The molecule has 3 rings (SSSR count). The lowest BCUT2D eigenvalue weighted by Gasteiger charge is -2.33. The minimum absolute atomic E-state index is 0.0790. The zero-order valence-corrected chi connectivity index (χ0v) is 12.0. The molecule has 110 valence electrons. The van der Waals surface area contributed by atoms with Crippen molar-refractivity contribution in [2.75, 3.05) is 50.8 Å². The first-order chi connectivity index (χ1) is 9.88. The molecule has 1 atom stereocenters. The highest BCUT2D eigenvalue weighted by Crippen LogP contribution is 2.26. The van der Waals surface area contributed by atoms with Gasteiger partial charge < -0.3 is 10.2 Å². The van der Waals surface area contributed by atoms with Gasteiger partial charge in [-0.25, -0.2) is 4.39 Å². The minimum atomic E-state index is -0.303. The van der Waals surface area contributed by atoms with Crippen molar-refractivity contribution in [3.05, 3.63) is 29.8 Å². The average molecular weight is 277 g/mol. The second kappa shape index (κ2) is 6.55. The standard InChI is InChI=1S/C16H24FN3/c17-13-16(20-11-7-18-8-12-20)14-3-5-15(6-4-14)19-9-1-2-10-19/h3-6,16,18H,1-2,7-13H2/t16-/m1/s1. The molecule has 2 aliphatic heterocycles. The summed E-state index contributed by atoms with van der Waals surface area (Å²) in [7, 11) is 0. The molecule has 0 radical (unpaired) electrons. The number of halogens is 1. The first-order valence-electron chi connectivity index (χ1n) is 7.74. The fraction of sp³-hybridized carbons (Fsp3) is 0.625. The van der Waals surface area contributed by atoms with Crippen molar-refractivity contribution in [2.24, 2.45) is 0 Å². The van der Waals surface area contributed by atoms with Gasteiger partial charge in [-0.3, -0.25) is 4.90 Å². The number of anilines is 1. The highest BCUT2D eigenvalue weighted by molar-refractivity contribution is 5.48. The van der Waals surface area contributed by atoms with Crippen molar-refractivity contribution >= 4 is 5.69 Å². The lowest BCUT2D eigenvalue weighted by molar-refractivity contribution is 0.147. The topological polar surface area (TPSA) is 18.5 Å². The summed E-state index contributed by atoms with van der Waals surface area (Å²) >= 11 is 0. The first-order valence-corrected chi connectivity index (χ1v) is 7.74. The zero-order chi connectivity index (χ0) is 13.8. The Morgan fingerprint density at radius 1 is 1.00 bits per heavy atom. The lowest BCUT2D eigenvalue weighted by atomic mass is 10.0. The molecular weight excluding hydrogens is 253 g/mol. The molecule has 0 saturated carbocycles. The normalized spacial score (nSPS) is 22.1.